The zero-order chi connectivity index (χ0) is 15.6. The molecule has 0 amide bonds. The Kier molecular flexibility index (Phi) is 4.15. The molecule has 0 unspecified atom stereocenters. The molecule has 0 atom stereocenters. The molecule has 0 radical (unpaired) electrons. The summed E-state index contributed by atoms with van der Waals surface area (Å²) < 4.78 is 39.9. The van der Waals surface area contributed by atoms with Crippen molar-refractivity contribution in [3.05, 3.63) is 58.9 Å². The highest BCUT2D eigenvalue weighted by atomic mass is 35.5. The van der Waals surface area contributed by atoms with Crippen molar-refractivity contribution in [2.45, 2.75) is 4.90 Å². The van der Waals surface area contributed by atoms with Crippen molar-refractivity contribution < 1.29 is 22.7 Å². The largest absolute Gasteiger partial charge is 0.478 e. The van der Waals surface area contributed by atoms with Gasteiger partial charge in [-0.1, -0.05) is 17.7 Å². The van der Waals surface area contributed by atoms with E-state index in [9.17, 15) is 17.6 Å². The number of carbonyl (C=O) groups is 1. The monoisotopic (exact) mass is 329 g/mol. The van der Waals surface area contributed by atoms with Crippen LogP contribution in [0.3, 0.4) is 0 Å². The SMILES string of the molecule is O=C(O)c1cccc(F)c1NS(=O)(=O)c1ccc(Cl)cc1. The number of nitrogens with one attached hydrogen (secondary N) is 1. The fourth-order valence-electron chi connectivity index (χ4n) is 1.61. The van der Waals surface area contributed by atoms with Crippen molar-refractivity contribution in [3.63, 3.8) is 0 Å². The van der Waals surface area contributed by atoms with Crippen molar-refractivity contribution in [2.75, 3.05) is 4.72 Å². The molecule has 0 aliphatic heterocycles. The first kappa shape index (κ1) is 15.3. The molecule has 0 aliphatic rings. The van der Waals surface area contributed by atoms with E-state index in [0.29, 0.717) is 5.02 Å². The van der Waals surface area contributed by atoms with E-state index in [4.69, 9.17) is 16.7 Å². The minimum absolute atomic E-state index is 0.161. The van der Waals surface area contributed by atoms with Gasteiger partial charge >= 0.3 is 5.97 Å². The molecular weight excluding hydrogens is 321 g/mol. The van der Waals surface area contributed by atoms with Crippen LogP contribution in [-0.2, 0) is 10.0 Å². The van der Waals surface area contributed by atoms with Crippen LogP contribution in [0.4, 0.5) is 10.1 Å². The minimum Gasteiger partial charge on any atom is -0.478 e. The van der Waals surface area contributed by atoms with E-state index < -0.39 is 33.1 Å². The predicted octanol–water partition coefficient (Wildman–Crippen LogP) is 2.98. The van der Waals surface area contributed by atoms with E-state index in [1.165, 1.54) is 30.3 Å². The summed E-state index contributed by atoms with van der Waals surface area (Å²) in [5, 5.41) is 9.31. The lowest BCUT2D eigenvalue weighted by Crippen LogP contribution is -2.16. The highest BCUT2D eigenvalue weighted by Gasteiger charge is 2.21. The first-order valence-electron chi connectivity index (χ1n) is 5.61. The summed E-state index contributed by atoms with van der Waals surface area (Å²) in [6.07, 6.45) is 0. The van der Waals surface area contributed by atoms with Gasteiger partial charge in [0, 0.05) is 5.02 Å². The second-order valence-corrected chi connectivity index (χ2v) is 6.15. The van der Waals surface area contributed by atoms with Crippen molar-refractivity contribution in [2.24, 2.45) is 0 Å². The number of hydrogen-bond donors (Lipinski definition) is 2. The highest BCUT2D eigenvalue weighted by Crippen LogP contribution is 2.24. The third kappa shape index (κ3) is 3.32. The van der Waals surface area contributed by atoms with Gasteiger partial charge < -0.3 is 5.11 Å². The molecule has 0 bridgehead atoms. The number of carboxylic acids is 1. The van der Waals surface area contributed by atoms with Gasteiger partial charge in [0.05, 0.1) is 16.1 Å². The smallest absolute Gasteiger partial charge is 0.337 e. The Balaban J connectivity index is 2.46. The van der Waals surface area contributed by atoms with E-state index in [1.54, 1.807) is 0 Å². The maximum atomic E-state index is 13.7. The Labute approximate surface area is 125 Å². The molecule has 0 heterocycles. The minimum atomic E-state index is -4.12. The summed E-state index contributed by atoms with van der Waals surface area (Å²) in [7, 11) is -4.12. The number of benzene rings is 2. The second kappa shape index (κ2) is 5.71. The number of halogens is 2. The number of carboxylic acid groups (broad SMARTS) is 1. The number of sulfonamides is 1. The maximum absolute atomic E-state index is 13.7. The Morgan fingerprint density at radius 3 is 2.33 bits per heavy atom. The average Bonchev–Trinajstić information content (AvgIpc) is 2.41. The number of rotatable bonds is 4. The summed E-state index contributed by atoms with van der Waals surface area (Å²) in [4.78, 5) is 10.9. The number of aromatic carboxylic acids is 1. The summed E-state index contributed by atoms with van der Waals surface area (Å²) in [6, 6.07) is 8.42. The molecule has 8 heteroatoms. The number of anilines is 1. The molecule has 0 spiro atoms. The zero-order valence-corrected chi connectivity index (χ0v) is 12.0. The highest BCUT2D eigenvalue weighted by molar-refractivity contribution is 7.92. The van der Waals surface area contributed by atoms with Crippen LogP contribution in [0, 0.1) is 5.82 Å². The quantitative estimate of drug-likeness (QED) is 0.903. The summed E-state index contributed by atoms with van der Waals surface area (Å²) >= 11 is 5.66. The summed E-state index contributed by atoms with van der Waals surface area (Å²) in [5.74, 6) is -2.42. The molecule has 0 saturated carbocycles. The molecule has 2 aromatic carbocycles. The molecule has 0 saturated heterocycles. The van der Waals surface area contributed by atoms with Gasteiger partial charge in [-0.2, -0.15) is 0 Å². The fraction of sp³-hybridized carbons (Fsp3) is 0. The first-order chi connectivity index (χ1) is 9.81. The molecule has 2 N–H and O–H groups in total. The molecule has 2 aromatic rings. The van der Waals surface area contributed by atoms with Gasteiger partial charge in [-0.25, -0.2) is 17.6 Å². The lowest BCUT2D eigenvalue weighted by Gasteiger charge is -2.11. The van der Waals surface area contributed by atoms with Crippen molar-refractivity contribution >= 4 is 33.3 Å². The molecule has 21 heavy (non-hydrogen) atoms. The second-order valence-electron chi connectivity index (χ2n) is 4.03. The van der Waals surface area contributed by atoms with Crippen LogP contribution in [0.15, 0.2) is 47.4 Å². The zero-order valence-electron chi connectivity index (χ0n) is 10.4. The van der Waals surface area contributed by atoms with E-state index >= 15 is 0 Å². The van der Waals surface area contributed by atoms with Crippen LogP contribution >= 0.6 is 11.6 Å². The number of hydrogen-bond acceptors (Lipinski definition) is 3. The van der Waals surface area contributed by atoms with E-state index in [2.05, 4.69) is 0 Å². The normalized spacial score (nSPS) is 11.1. The van der Waals surface area contributed by atoms with Gasteiger partial charge in [-0.15, -0.1) is 0 Å². The topological polar surface area (TPSA) is 83.5 Å². The van der Waals surface area contributed by atoms with E-state index in [-0.39, 0.29) is 4.90 Å². The van der Waals surface area contributed by atoms with E-state index in [0.717, 1.165) is 12.1 Å². The Hall–Kier alpha value is -2.12. The Morgan fingerprint density at radius 2 is 1.76 bits per heavy atom. The molecule has 110 valence electrons. The lowest BCUT2D eigenvalue weighted by atomic mass is 10.2. The molecular formula is C13H9ClFNO4S. The van der Waals surface area contributed by atoms with E-state index in [1.807, 2.05) is 4.72 Å². The van der Waals surface area contributed by atoms with Gasteiger partial charge in [-0.3, -0.25) is 4.72 Å². The Morgan fingerprint density at radius 1 is 1.14 bits per heavy atom. The lowest BCUT2D eigenvalue weighted by molar-refractivity contribution is 0.0697. The van der Waals surface area contributed by atoms with Crippen molar-refractivity contribution in [3.8, 4) is 0 Å². The molecule has 0 aliphatic carbocycles. The van der Waals surface area contributed by atoms with Crippen LogP contribution in [0.1, 0.15) is 10.4 Å². The molecule has 2 rings (SSSR count). The molecule has 5 nitrogen and oxygen atoms in total. The van der Waals surface area contributed by atoms with Crippen molar-refractivity contribution in [1.82, 2.24) is 0 Å². The van der Waals surface area contributed by atoms with Gasteiger partial charge in [0.25, 0.3) is 10.0 Å². The van der Waals surface area contributed by atoms with Crippen LogP contribution < -0.4 is 4.72 Å². The summed E-state index contributed by atoms with van der Waals surface area (Å²) in [6.45, 7) is 0. The standard InChI is InChI=1S/C13H9ClFNO4S/c14-8-4-6-9(7-5-8)21(19,20)16-12-10(13(17)18)2-1-3-11(12)15/h1-7,16H,(H,17,18). The van der Waals surface area contributed by atoms with Gasteiger partial charge in [-0.05, 0) is 36.4 Å². The van der Waals surface area contributed by atoms with Crippen molar-refractivity contribution in [1.29, 1.82) is 0 Å². The summed E-state index contributed by atoms with van der Waals surface area (Å²) in [5.41, 5.74) is -1.09. The first-order valence-corrected chi connectivity index (χ1v) is 7.47. The van der Waals surface area contributed by atoms with Gasteiger partial charge in [0.15, 0.2) is 0 Å². The molecule has 0 fully saturated rings. The van der Waals surface area contributed by atoms with Crippen LogP contribution in [0.5, 0.6) is 0 Å². The average molecular weight is 330 g/mol. The molecule has 0 aromatic heterocycles. The third-order valence-electron chi connectivity index (χ3n) is 2.60. The van der Waals surface area contributed by atoms with Crippen LogP contribution in [0.2, 0.25) is 5.02 Å². The van der Waals surface area contributed by atoms with Gasteiger partial charge in [0.2, 0.25) is 0 Å². The predicted molar refractivity (Wildman–Crippen MR) is 75.6 cm³/mol. The Bertz CT molecular complexity index is 790. The van der Waals surface area contributed by atoms with Crippen LogP contribution in [0.25, 0.3) is 0 Å². The van der Waals surface area contributed by atoms with Crippen LogP contribution in [-0.4, -0.2) is 19.5 Å². The fourth-order valence-corrected chi connectivity index (χ4v) is 2.83. The maximum Gasteiger partial charge on any atom is 0.337 e. The third-order valence-corrected chi connectivity index (χ3v) is 4.22. The number of para-hydroxylation sites is 1. The van der Waals surface area contributed by atoms with Gasteiger partial charge in [0.1, 0.15) is 5.82 Å².